The monoisotopic (exact) mass is 261 g/mol. The summed E-state index contributed by atoms with van der Waals surface area (Å²) < 4.78 is 0. The second-order valence-corrected chi connectivity index (χ2v) is 5.61. The fourth-order valence-corrected chi connectivity index (χ4v) is 2.21. The van der Waals surface area contributed by atoms with E-state index in [0.717, 1.165) is 11.3 Å². The minimum atomic E-state index is -0.760. The van der Waals surface area contributed by atoms with Crippen molar-refractivity contribution in [1.82, 2.24) is 0 Å². The van der Waals surface area contributed by atoms with E-state index in [1.165, 1.54) is 0 Å². The number of aliphatic carboxylic acids is 1. The molecule has 4 heteroatoms. The average molecular weight is 261 g/mol. The number of rotatable bonds is 5. The Morgan fingerprint density at radius 1 is 1.26 bits per heavy atom. The summed E-state index contributed by atoms with van der Waals surface area (Å²) >= 11 is 0. The number of hydrogen-bond donors (Lipinski definition) is 2. The van der Waals surface area contributed by atoms with Crippen molar-refractivity contribution < 1.29 is 14.7 Å². The van der Waals surface area contributed by atoms with Gasteiger partial charge in [-0.3, -0.25) is 9.59 Å². The molecule has 1 aromatic carbocycles. The van der Waals surface area contributed by atoms with Gasteiger partial charge in [0.05, 0.1) is 5.41 Å². The average Bonchev–Trinajstić information content (AvgIpc) is 3.09. The van der Waals surface area contributed by atoms with Gasteiger partial charge in [0.25, 0.3) is 0 Å². The summed E-state index contributed by atoms with van der Waals surface area (Å²) in [6, 6.07) is 7.14. The van der Waals surface area contributed by atoms with Gasteiger partial charge in [0, 0.05) is 12.1 Å². The lowest BCUT2D eigenvalue weighted by Crippen LogP contribution is -2.19. The fourth-order valence-electron chi connectivity index (χ4n) is 2.21. The van der Waals surface area contributed by atoms with Crippen LogP contribution in [0.2, 0.25) is 0 Å². The lowest BCUT2D eigenvalue weighted by Gasteiger charge is -2.12. The summed E-state index contributed by atoms with van der Waals surface area (Å²) in [5.74, 6) is -0.452. The molecule has 19 heavy (non-hydrogen) atoms. The molecule has 0 aliphatic heterocycles. The minimum Gasteiger partial charge on any atom is -0.481 e. The predicted molar refractivity (Wildman–Crippen MR) is 73.1 cm³/mol. The van der Waals surface area contributed by atoms with Crippen LogP contribution in [0.3, 0.4) is 0 Å². The number of carbonyl (C=O) groups is 2. The van der Waals surface area contributed by atoms with Crippen molar-refractivity contribution in [3.05, 3.63) is 29.8 Å². The molecule has 0 aromatic heterocycles. The molecule has 1 saturated carbocycles. The Kier molecular flexibility index (Phi) is 3.60. The first-order valence-electron chi connectivity index (χ1n) is 6.58. The van der Waals surface area contributed by atoms with Gasteiger partial charge in [-0.1, -0.05) is 26.0 Å². The smallest absolute Gasteiger partial charge is 0.314 e. The molecule has 0 spiro atoms. The van der Waals surface area contributed by atoms with E-state index in [1.54, 1.807) is 24.3 Å². The zero-order chi connectivity index (χ0) is 14.0. The second kappa shape index (κ2) is 5.03. The summed E-state index contributed by atoms with van der Waals surface area (Å²) in [4.78, 5) is 22.8. The van der Waals surface area contributed by atoms with E-state index in [9.17, 15) is 14.7 Å². The van der Waals surface area contributed by atoms with Gasteiger partial charge in [0.2, 0.25) is 5.91 Å². The fraction of sp³-hybridized carbons (Fsp3) is 0.467. The maximum Gasteiger partial charge on any atom is 0.314 e. The Hall–Kier alpha value is -1.84. The minimum absolute atomic E-state index is 0.0119. The molecule has 1 fully saturated rings. The molecule has 0 atom stereocenters. The van der Waals surface area contributed by atoms with Crippen molar-refractivity contribution in [2.24, 2.45) is 5.92 Å². The molecule has 0 unspecified atom stereocenters. The number of carbonyl (C=O) groups excluding carboxylic acids is 1. The molecule has 2 N–H and O–H groups in total. The van der Waals surface area contributed by atoms with Crippen LogP contribution in [-0.4, -0.2) is 17.0 Å². The molecule has 2 rings (SSSR count). The van der Waals surface area contributed by atoms with E-state index in [2.05, 4.69) is 5.32 Å². The van der Waals surface area contributed by atoms with Gasteiger partial charge >= 0.3 is 5.97 Å². The van der Waals surface area contributed by atoms with Crippen LogP contribution < -0.4 is 5.32 Å². The van der Waals surface area contributed by atoms with Gasteiger partial charge in [-0.25, -0.2) is 0 Å². The van der Waals surface area contributed by atoms with Gasteiger partial charge in [-0.2, -0.15) is 0 Å². The number of amides is 1. The van der Waals surface area contributed by atoms with E-state index in [0.29, 0.717) is 25.2 Å². The third-order valence-electron chi connectivity index (χ3n) is 3.47. The maximum absolute atomic E-state index is 11.6. The van der Waals surface area contributed by atoms with Gasteiger partial charge < -0.3 is 10.4 Å². The summed E-state index contributed by atoms with van der Waals surface area (Å²) in [6.07, 6.45) is 1.88. The highest BCUT2D eigenvalue weighted by Gasteiger charge is 2.51. The number of anilines is 1. The quantitative estimate of drug-likeness (QED) is 0.856. The zero-order valence-corrected chi connectivity index (χ0v) is 11.3. The second-order valence-electron chi connectivity index (χ2n) is 5.61. The topological polar surface area (TPSA) is 66.4 Å². The number of hydrogen-bond acceptors (Lipinski definition) is 2. The molecule has 0 bridgehead atoms. The summed E-state index contributed by atoms with van der Waals surface area (Å²) in [6.45, 7) is 3.98. The summed E-state index contributed by atoms with van der Waals surface area (Å²) in [7, 11) is 0. The number of benzene rings is 1. The molecule has 1 aliphatic rings. The van der Waals surface area contributed by atoms with E-state index in [4.69, 9.17) is 0 Å². The molecule has 0 radical (unpaired) electrons. The van der Waals surface area contributed by atoms with E-state index >= 15 is 0 Å². The third kappa shape index (κ3) is 2.95. The van der Waals surface area contributed by atoms with Crippen LogP contribution >= 0.6 is 0 Å². The third-order valence-corrected chi connectivity index (χ3v) is 3.47. The molecule has 1 aliphatic carbocycles. The lowest BCUT2D eigenvalue weighted by molar-refractivity contribution is -0.140. The van der Waals surface area contributed by atoms with Gasteiger partial charge in [0.15, 0.2) is 0 Å². The Balaban J connectivity index is 2.03. The Morgan fingerprint density at radius 3 is 2.26 bits per heavy atom. The molecule has 0 heterocycles. The zero-order valence-electron chi connectivity index (χ0n) is 11.3. The predicted octanol–water partition coefficient (Wildman–Crippen LogP) is 2.79. The molecule has 4 nitrogen and oxygen atoms in total. The molecule has 1 amide bonds. The van der Waals surface area contributed by atoms with Crippen LogP contribution in [0.15, 0.2) is 24.3 Å². The summed E-state index contributed by atoms with van der Waals surface area (Å²) in [5, 5.41) is 12.0. The highest BCUT2D eigenvalue weighted by molar-refractivity contribution is 5.91. The molecule has 102 valence electrons. The van der Waals surface area contributed by atoms with Crippen LogP contribution in [0.4, 0.5) is 5.69 Å². The largest absolute Gasteiger partial charge is 0.481 e. The van der Waals surface area contributed by atoms with Crippen LogP contribution in [0.25, 0.3) is 0 Å². The Bertz CT molecular complexity index is 487. The highest BCUT2D eigenvalue weighted by atomic mass is 16.4. The number of nitrogens with one attached hydrogen (secondary N) is 1. The maximum atomic E-state index is 11.6. The molecule has 0 saturated heterocycles. The molecule has 1 aromatic rings. The SMILES string of the molecule is CC(C)CC(=O)Nc1ccc(C2(C(=O)O)CC2)cc1. The van der Waals surface area contributed by atoms with Crippen molar-refractivity contribution >= 4 is 17.6 Å². The van der Waals surface area contributed by atoms with Crippen molar-refractivity contribution in [1.29, 1.82) is 0 Å². The molecular formula is C15H19NO3. The van der Waals surface area contributed by atoms with E-state index in [1.807, 2.05) is 13.8 Å². The van der Waals surface area contributed by atoms with E-state index < -0.39 is 11.4 Å². The number of carboxylic acid groups (broad SMARTS) is 1. The first kappa shape index (κ1) is 13.6. The standard InChI is InChI=1S/C15H19NO3/c1-10(2)9-13(17)16-12-5-3-11(4-6-12)15(7-8-15)14(18)19/h3-6,10H,7-9H2,1-2H3,(H,16,17)(H,18,19). The van der Waals surface area contributed by atoms with Crippen molar-refractivity contribution in [3.8, 4) is 0 Å². The van der Waals surface area contributed by atoms with Gasteiger partial charge in [-0.15, -0.1) is 0 Å². The Labute approximate surface area is 112 Å². The van der Waals surface area contributed by atoms with Crippen LogP contribution in [0.1, 0.15) is 38.7 Å². The van der Waals surface area contributed by atoms with Crippen molar-refractivity contribution in [2.75, 3.05) is 5.32 Å². The highest BCUT2D eigenvalue weighted by Crippen LogP contribution is 2.48. The van der Waals surface area contributed by atoms with Crippen LogP contribution in [0.5, 0.6) is 0 Å². The molecular weight excluding hydrogens is 242 g/mol. The number of carboxylic acids is 1. The van der Waals surface area contributed by atoms with Crippen molar-refractivity contribution in [3.63, 3.8) is 0 Å². The Morgan fingerprint density at radius 2 is 1.84 bits per heavy atom. The first-order chi connectivity index (χ1) is 8.94. The van der Waals surface area contributed by atoms with Gasteiger partial charge in [0.1, 0.15) is 0 Å². The van der Waals surface area contributed by atoms with Crippen LogP contribution in [-0.2, 0) is 15.0 Å². The lowest BCUT2D eigenvalue weighted by atomic mass is 9.96. The van der Waals surface area contributed by atoms with E-state index in [-0.39, 0.29) is 5.91 Å². The first-order valence-corrected chi connectivity index (χ1v) is 6.58. The summed E-state index contributed by atoms with van der Waals surface area (Å²) in [5.41, 5.74) is 0.859. The van der Waals surface area contributed by atoms with Crippen molar-refractivity contribution in [2.45, 2.75) is 38.5 Å². The normalized spacial score (nSPS) is 16.2. The van der Waals surface area contributed by atoms with Gasteiger partial charge in [-0.05, 0) is 36.5 Å². The van der Waals surface area contributed by atoms with Crippen LogP contribution in [0, 0.1) is 5.92 Å².